The highest BCUT2D eigenvalue weighted by Crippen LogP contribution is 2.25. The Bertz CT molecular complexity index is 813. The second-order valence-corrected chi connectivity index (χ2v) is 5.54. The van der Waals surface area contributed by atoms with Crippen LogP contribution in [0, 0.1) is 0 Å². The summed E-state index contributed by atoms with van der Waals surface area (Å²) in [6.07, 6.45) is 2.84. The van der Waals surface area contributed by atoms with E-state index in [9.17, 15) is 24.9 Å². The van der Waals surface area contributed by atoms with Gasteiger partial charge in [0.25, 0.3) is 0 Å². The highest BCUT2D eigenvalue weighted by Gasteiger charge is 2.21. The first kappa shape index (κ1) is 18.9. The van der Waals surface area contributed by atoms with Gasteiger partial charge in [-0.25, -0.2) is 4.79 Å². The fourth-order valence-electron chi connectivity index (χ4n) is 2.24. The zero-order valence-corrected chi connectivity index (χ0v) is 14.0. The number of carbonyl (C=O) groups is 2. The maximum Gasteiger partial charge on any atom is 0.328 e. The molecule has 2 rings (SSSR count). The van der Waals surface area contributed by atoms with E-state index < -0.39 is 17.9 Å². The topological polar surface area (TPSA) is 116 Å². The van der Waals surface area contributed by atoms with E-state index in [0.29, 0.717) is 5.56 Å². The van der Waals surface area contributed by atoms with Gasteiger partial charge in [-0.15, -0.1) is 0 Å². The van der Waals surface area contributed by atoms with Crippen molar-refractivity contribution in [1.82, 2.24) is 5.32 Å². The molecule has 1 unspecified atom stereocenters. The van der Waals surface area contributed by atoms with Gasteiger partial charge in [-0.2, -0.15) is 0 Å². The Hall–Kier alpha value is -3.48. The Labute approximate surface area is 150 Å². The largest absolute Gasteiger partial charge is 0.508 e. The summed E-state index contributed by atoms with van der Waals surface area (Å²) in [4.78, 5) is 24.0. The van der Waals surface area contributed by atoms with Gasteiger partial charge in [-0.3, -0.25) is 4.79 Å². The lowest BCUT2D eigenvalue weighted by Crippen LogP contribution is -2.42. The Morgan fingerprint density at radius 2 is 1.77 bits per heavy atom. The molecular weight excluding hydrogens is 338 g/mol. The van der Waals surface area contributed by atoms with E-state index in [2.05, 4.69) is 5.32 Å². The van der Waals surface area contributed by atoms with E-state index in [1.54, 1.807) is 12.1 Å². The van der Waals surface area contributed by atoms with E-state index in [0.717, 1.165) is 5.56 Å². The molecule has 1 atom stereocenters. The van der Waals surface area contributed by atoms with E-state index in [1.807, 2.05) is 0 Å². The number of hydrogen-bond donors (Lipinski definition) is 4. The van der Waals surface area contributed by atoms with Crippen LogP contribution in [0.15, 0.2) is 48.5 Å². The smallest absolute Gasteiger partial charge is 0.328 e. The van der Waals surface area contributed by atoms with Crippen LogP contribution in [-0.2, 0) is 20.7 Å². The highest BCUT2D eigenvalue weighted by molar-refractivity contribution is 5.94. The van der Waals surface area contributed by atoms with E-state index in [4.69, 9.17) is 4.74 Å². The average Bonchev–Trinajstić information content (AvgIpc) is 2.63. The number of esters is 1. The Kier molecular flexibility index (Phi) is 6.21. The van der Waals surface area contributed by atoms with Gasteiger partial charge in [0.15, 0.2) is 11.5 Å². The molecule has 4 N–H and O–H groups in total. The number of rotatable bonds is 6. The quantitative estimate of drug-likeness (QED) is 0.355. The summed E-state index contributed by atoms with van der Waals surface area (Å²) in [6.45, 7) is 0. The lowest BCUT2D eigenvalue weighted by atomic mass is 10.1. The molecule has 0 fully saturated rings. The monoisotopic (exact) mass is 357 g/mol. The van der Waals surface area contributed by atoms with Crippen LogP contribution in [0.4, 0.5) is 0 Å². The molecule has 0 bridgehead atoms. The number of aromatic hydroxyl groups is 3. The molecule has 7 heteroatoms. The summed E-state index contributed by atoms with van der Waals surface area (Å²) in [6, 6.07) is 9.50. The first-order valence-electron chi connectivity index (χ1n) is 7.75. The molecule has 0 aliphatic heterocycles. The SMILES string of the molecule is COC(=O)C(Cc1ccc(O)cc1)NC(=O)C=Cc1ccc(O)c(O)c1. The number of methoxy groups -OCH3 is 1. The molecule has 0 radical (unpaired) electrons. The van der Waals surface area contributed by atoms with Crippen molar-refractivity contribution in [1.29, 1.82) is 0 Å². The van der Waals surface area contributed by atoms with E-state index >= 15 is 0 Å². The van der Waals surface area contributed by atoms with Gasteiger partial charge >= 0.3 is 5.97 Å². The third-order valence-electron chi connectivity index (χ3n) is 3.60. The van der Waals surface area contributed by atoms with Crippen molar-refractivity contribution in [2.75, 3.05) is 7.11 Å². The zero-order valence-electron chi connectivity index (χ0n) is 14.0. The summed E-state index contributed by atoms with van der Waals surface area (Å²) in [7, 11) is 1.23. The maximum absolute atomic E-state index is 12.1. The van der Waals surface area contributed by atoms with Crippen LogP contribution < -0.4 is 5.32 Å². The average molecular weight is 357 g/mol. The molecule has 0 heterocycles. The predicted octanol–water partition coefficient (Wildman–Crippen LogP) is 1.72. The Morgan fingerprint density at radius 1 is 1.08 bits per heavy atom. The number of benzene rings is 2. The number of phenolic OH excluding ortho intramolecular Hbond substituents is 3. The van der Waals surface area contributed by atoms with Gasteiger partial charge in [0.2, 0.25) is 5.91 Å². The van der Waals surface area contributed by atoms with Crippen LogP contribution in [0.25, 0.3) is 6.08 Å². The Morgan fingerprint density at radius 3 is 2.38 bits per heavy atom. The van der Waals surface area contributed by atoms with Gasteiger partial charge < -0.3 is 25.4 Å². The lowest BCUT2D eigenvalue weighted by Gasteiger charge is -2.15. The van der Waals surface area contributed by atoms with Gasteiger partial charge in [0.05, 0.1) is 7.11 Å². The molecular formula is C19H19NO6. The molecule has 0 spiro atoms. The van der Waals surface area contributed by atoms with Gasteiger partial charge in [0, 0.05) is 12.5 Å². The molecule has 2 aromatic rings. The summed E-state index contributed by atoms with van der Waals surface area (Å²) in [5.74, 6) is -1.57. The van der Waals surface area contributed by atoms with Crippen LogP contribution in [0.1, 0.15) is 11.1 Å². The molecule has 0 saturated carbocycles. The molecule has 1 amide bonds. The van der Waals surface area contributed by atoms with E-state index in [1.165, 1.54) is 49.6 Å². The van der Waals surface area contributed by atoms with Gasteiger partial charge in [-0.1, -0.05) is 18.2 Å². The number of nitrogens with one attached hydrogen (secondary N) is 1. The minimum atomic E-state index is -0.894. The van der Waals surface area contributed by atoms with Crippen LogP contribution in [0.2, 0.25) is 0 Å². The van der Waals surface area contributed by atoms with Gasteiger partial charge in [-0.05, 0) is 41.5 Å². The van der Waals surface area contributed by atoms with Crippen molar-refractivity contribution in [3.05, 3.63) is 59.7 Å². The fourth-order valence-corrected chi connectivity index (χ4v) is 2.24. The second-order valence-electron chi connectivity index (χ2n) is 5.54. The second kappa shape index (κ2) is 8.57. The van der Waals surface area contributed by atoms with Crippen LogP contribution in [0.5, 0.6) is 17.2 Å². The van der Waals surface area contributed by atoms with Crippen molar-refractivity contribution in [3.63, 3.8) is 0 Å². The number of hydrogen-bond acceptors (Lipinski definition) is 6. The summed E-state index contributed by atoms with van der Waals surface area (Å²) in [5, 5.41) is 30.6. The fraction of sp³-hybridized carbons (Fsp3) is 0.158. The molecule has 7 nitrogen and oxygen atoms in total. The standard InChI is InChI=1S/C19H19NO6/c1-26-19(25)15(10-12-2-6-14(21)7-3-12)20-18(24)9-5-13-4-8-16(22)17(23)11-13/h2-9,11,15,21-23H,10H2,1H3,(H,20,24). The van der Waals surface area contributed by atoms with Crippen LogP contribution in [0.3, 0.4) is 0 Å². The third-order valence-corrected chi connectivity index (χ3v) is 3.60. The highest BCUT2D eigenvalue weighted by atomic mass is 16.5. The van der Waals surface area contributed by atoms with E-state index in [-0.39, 0.29) is 23.7 Å². The molecule has 2 aromatic carbocycles. The minimum Gasteiger partial charge on any atom is -0.508 e. The van der Waals surface area contributed by atoms with Crippen molar-refractivity contribution < 1.29 is 29.6 Å². The molecule has 0 saturated heterocycles. The lowest BCUT2D eigenvalue weighted by molar-refractivity contribution is -0.144. The predicted molar refractivity (Wildman–Crippen MR) is 94.6 cm³/mol. The number of amides is 1. The maximum atomic E-state index is 12.1. The van der Waals surface area contributed by atoms with Crippen molar-refractivity contribution in [2.24, 2.45) is 0 Å². The summed E-state index contributed by atoms with van der Waals surface area (Å²) >= 11 is 0. The first-order chi connectivity index (χ1) is 12.4. The molecule has 0 aliphatic carbocycles. The number of ether oxygens (including phenoxy) is 1. The minimum absolute atomic E-state index is 0.104. The molecule has 0 aliphatic rings. The summed E-state index contributed by atoms with van der Waals surface area (Å²) in [5.41, 5.74) is 1.24. The summed E-state index contributed by atoms with van der Waals surface area (Å²) < 4.78 is 4.71. The Balaban J connectivity index is 2.05. The zero-order chi connectivity index (χ0) is 19.1. The molecule has 136 valence electrons. The van der Waals surface area contributed by atoms with Crippen molar-refractivity contribution in [2.45, 2.75) is 12.5 Å². The van der Waals surface area contributed by atoms with Crippen LogP contribution >= 0.6 is 0 Å². The molecule has 26 heavy (non-hydrogen) atoms. The van der Waals surface area contributed by atoms with Crippen molar-refractivity contribution in [3.8, 4) is 17.2 Å². The normalized spacial score (nSPS) is 11.9. The first-order valence-corrected chi connectivity index (χ1v) is 7.75. The number of phenols is 3. The third kappa shape index (κ3) is 5.27. The van der Waals surface area contributed by atoms with Crippen molar-refractivity contribution >= 4 is 18.0 Å². The van der Waals surface area contributed by atoms with Gasteiger partial charge in [0.1, 0.15) is 11.8 Å². The number of carbonyl (C=O) groups excluding carboxylic acids is 2. The molecule has 0 aromatic heterocycles. The van der Waals surface area contributed by atoms with Crippen LogP contribution in [-0.4, -0.2) is 40.3 Å².